The van der Waals surface area contributed by atoms with Gasteiger partial charge in [0.15, 0.2) is 0 Å². The monoisotopic (exact) mass is 558 g/mol. The van der Waals surface area contributed by atoms with Gasteiger partial charge in [0.05, 0.1) is 41.1 Å². The molecule has 0 aromatic heterocycles. The van der Waals surface area contributed by atoms with Gasteiger partial charge in [-0.15, -0.1) is 0 Å². The highest BCUT2D eigenvalue weighted by molar-refractivity contribution is 8.03. The summed E-state index contributed by atoms with van der Waals surface area (Å²) in [4.78, 5) is 26.4. The predicted molar refractivity (Wildman–Crippen MR) is 157 cm³/mol. The first kappa shape index (κ1) is 27.8. The number of rotatable bonds is 8. The minimum Gasteiger partial charge on any atom is -0.495 e. The standard InChI is InChI=1S/C30H27ClN4O3S/c1-18-9-7-8-12-23(18)35-29(37)27-19(2)33-30(22(16-32)28(27)20-10-5-4-6-11-20)39-17-26(36)34-24-15-21(31)13-14-25(24)38-3/h4-15,28,33H,17H2,1-3H3,(H,34,36)(H,35,37)/t28-/m0/s1. The van der Waals surface area contributed by atoms with Gasteiger partial charge in [0.1, 0.15) is 5.75 Å². The van der Waals surface area contributed by atoms with Crippen LogP contribution in [0.2, 0.25) is 5.02 Å². The third-order valence-electron chi connectivity index (χ3n) is 6.20. The zero-order valence-corrected chi connectivity index (χ0v) is 23.2. The largest absolute Gasteiger partial charge is 0.495 e. The van der Waals surface area contributed by atoms with Crippen LogP contribution >= 0.6 is 23.4 Å². The fraction of sp³-hybridized carbons (Fsp3) is 0.167. The highest BCUT2D eigenvalue weighted by Crippen LogP contribution is 2.41. The van der Waals surface area contributed by atoms with E-state index in [0.717, 1.165) is 11.1 Å². The van der Waals surface area contributed by atoms with Crippen molar-refractivity contribution in [2.45, 2.75) is 19.8 Å². The van der Waals surface area contributed by atoms with Gasteiger partial charge in [-0.25, -0.2) is 0 Å². The molecule has 0 bridgehead atoms. The van der Waals surface area contributed by atoms with E-state index in [1.54, 1.807) is 25.1 Å². The van der Waals surface area contributed by atoms with E-state index in [0.29, 0.717) is 44.0 Å². The number of anilines is 2. The highest BCUT2D eigenvalue weighted by atomic mass is 35.5. The summed E-state index contributed by atoms with van der Waals surface area (Å²) in [6.45, 7) is 3.72. The fourth-order valence-corrected chi connectivity index (χ4v) is 5.37. The first-order valence-corrected chi connectivity index (χ1v) is 13.5. The maximum atomic E-state index is 13.6. The summed E-state index contributed by atoms with van der Waals surface area (Å²) < 4.78 is 5.30. The first-order valence-electron chi connectivity index (χ1n) is 12.1. The van der Waals surface area contributed by atoms with Crippen LogP contribution in [0.4, 0.5) is 11.4 Å². The molecule has 3 aromatic carbocycles. The number of thioether (sulfide) groups is 1. The van der Waals surface area contributed by atoms with Crippen LogP contribution in [0.3, 0.4) is 0 Å². The lowest BCUT2D eigenvalue weighted by Gasteiger charge is -2.30. The second kappa shape index (κ2) is 12.6. The Kier molecular flexibility index (Phi) is 8.97. The van der Waals surface area contributed by atoms with Crippen molar-refractivity contribution in [3.8, 4) is 11.8 Å². The average Bonchev–Trinajstić information content (AvgIpc) is 2.93. The molecule has 0 saturated heterocycles. The van der Waals surface area contributed by atoms with E-state index in [-0.39, 0.29) is 17.6 Å². The van der Waals surface area contributed by atoms with Gasteiger partial charge < -0.3 is 20.7 Å². The second-order valence-electron chi connectivity index (χ2n) is 8.81. The van der Waals surface area contributed by atoms with Crippen LogP contribution in [0.25, 0.3) is 0 Å². The maximum Gasteiger partial charge on any atom is 0.254 e. The number of benzene rings is 3. The van der Waals surface area contributed by atoms with Crippen molar-refractivity contribution in [2.24, 2.45) is 0 Å². The molecular weight excluding hydrogens is 532 g/mol. The molecule has 2 amide bonds. The first-order chi connectivity index (χ1) is 18.8. The summed E-state index contributed by atoms with van der Waals surface area (Å²) in [7, 11) is 1.51. The van der Waals surface area contributed by atoms with Crippen LogP contribution in [0, 0.1) is 18.3 Å². The molecule has 0 spiro atoms. The number of aryl methyl sites for hydroxylation is 1. The van der Waals surface area contributed by atoms with Crippen molar-refractivity contribution in [1.82, 2.24) is 5.32 Å². The van der Waals surface area contributed by atoms with Crippen molar-refractivity contribution >= 4 is 46.6 Å². The molecule has 4 rings (SSSR count). The lowest BCUT2D eigenvalue weighted by atomic mass is 9.82. The molecule has 1 heterocycles. The van der Waals surface area contributed by atoms with Crippen LogP contribution in [0.5, 0.6) is 5.75 Å². The molecule has 198 valence electrons. The topological polar surface area (TPSA) is 103 Å². The number of dihydropyridines is 1. The number of methoxy groups -OCH3 is 1. The van der Waals surface area contributed by atoms with Gasteiger partial charge in [0.2, 0.25) is 5.91 Å². The van der Waals surface area contributed by atoms with E-state index in [4.69, 9.17) is 16.3 Å². The smallest absolute Gasteiger partial charge is 0.254 e. The normalized spacial score (nSPS) is 14.8. The zero-order chi connectivity index (χ0) is 27.9. The van der Waals surface area contributed by atoms with E-state index in [1.807, 2.05) is 61.5 Å². The van der Waals surface area contributed by atoms with Gasteiger partial charge >= 0.3 is 0 Å². The summed E-state index contributed by atoms with van der Waals surface area (Å²) in [6, 6.07) is 24.2. The third-order valence-corrected chi connectivity index (χ3v) is 7.45. The molecule has 0 unspecified atom stereocenters. The molecule has 1 atom stereocenters. The predicted octanol–water partition coefficient (Wildman–Crippen LogP) is 6.36. The number of nitrogens with one attached hydrogen (secondary N) is 3. The number of amides is 2. The molecule has 0 saturated carbocycles. The number of carbonyl (C=O) groups is 2. The molecular formula is C30H27ClN4O3S. The van der Waals surface area contributed by atoms with Crippen LogP contribution in [-0.4, -0.2) is 24.7 Å². The summed E-state index contributed by atoms with van der Waals surface area (Å²) in [5, 5.41) is 20.3. The molecule has 1 aliphatic rings. The van der Waals surface area contributed by atoms with E-state index in [9.17, 15) is 14.9 Å². The van der Waals surface area contributed by atoms with Gasteiger partial charge in [-0.2, -0.15) is 5.26 Å². The number of para-hydroxylation sites is 1. The SMILES string of the molecule is COc1ccc(Cl)cc1NC(=O)CSC1=C(C#N)[C@H](c2ccccc2)C(C(=O)Nc2ccccc2C)=C(C)N1. The minimum atomic E-state index is -0.611. The van der Waals surface area contributed by atoms with Crippen molar-refractivity contribution in [2.75, 3.05) is 23.5 Å². The minimum absolute atomic E-state index is 0.0166. The number of hydrogen-bond donors (Lipinski definition) is 3. The number of hydrogen-bond acceptors (Lipinski definition) is 6. The summed E-state index contributed by atoms with van der Waals surface area (Å²) in [5.41, 5.74) is 4.29. The van der Waals surface area contributed by atoms with Gasteiger partial charge in [-0.05, 0) is 49.2 Å². The van der Waals surface area contributed by atoms with Gasteiger partial charge in [-0.1, -0.05) is 71.9 Å². The molecule has 1 aliphatic heterocycles. The molecule has 0 fully saturated rings. The van der Waals surface area contributed by atoms with E-state index >= 15 is 0 Å². The quantitative estimate of drug-likeness (QED) is 0.297. The Morgan fingerprint density at radius 3 is 2.44 bits per heavy atom. The molecule has 7 nitrogen and oxygen atoms in total. The number of ether oxygens (including phenoxy) is 1. The summed E-state index contributed by atoms with van der Waals surface area (Å²) in [6.07, 6.45) is 0. The van der Waals surface area contributed by atoms with Crippen LogP contribution in [0.1, 0.15) is 24.0 Å². The van der Waals surface area contributed by atoms with Crippen molar-refractivity contribution < 1.29 is 14.3 Å². The number of nitrogens with zero attached hydrogens (tertiary/aromatic N) is 1. The molecule has 39 heavy (non-hydrogen) atoms. The molecule has 0 radical (unpaired) electrons. The van der Waals surface area contributed by atoms with Crippen molar-refractivity contribution in [3.05, 3.63) is 111 Å². The number of halogens is 1. The van der Waals surface area contributed by atoms with Gasteiger partial charge in [0.25, 0.3) is 5.91 Å². The Labute approximate surface area is 236 Å². The van der Waals surface area contributed by atoms with Crippen LogP contribution < -0.4 is 20.7 Å². The molecule has 3 aromatic rings. The highest BCUT2D eigenvalue weighted by Gasteiger charge is 2.35. The molecule has 3 N–H and O–H groups in total. The zero-order valence-electron chi connectivity index (χ0n) is 21.7. The number of nitriles is 1. The second-order valence-corrected chi connectivity index (χ2v) is 10.2. The Morgan fingerprint density at radius 1 is 1.03 bits per heavy atom. The Hall–Kier alpha value is -4.19. The van der Waals surface area contributed by atoms with Gasteiger partial charge in [-0.3, -0.25) is 9.59 Å². The van der Waals surface area contributed by atoms with Crippen LogP contribution in [0.15, 0.2) is 94.7 Å². The van der Waals surface area contributed by atoms with Crippen LogP contribution in [-0.2, 0) is 9.59 Å². The fourth-order valence-electron chi connectivity index (χ4n) is 4.31. The lowest BCUT2D eigenvalue weighted by molar-refractivity contribution is -0.114. The molecule has 0 aliphatic carbocycles. The Morgan fingerprint density at radius 2 is 1.74 bits per heavy atom. The average molecular weight is 559 g/mol. The van der Waals surface area contributed by atoms with Gasteiger partial charge in [0, 0.05) is 22.0 Å². The van der Waals surface area contributed by atoms with E-state index in [1.165, 1.54) is 18.9 Å². The van der Waals surface area contributed by atoms with E-state index < -0.39 is 5.92 Å². The Balaban J connectivity index is 1.62. The summed E-state index contributed by atoms with van der Waals surface area (Å²) in [5.74, 6) is -0.709. The molecule has 9 heteroatoms. The number of allylic oxidation sites excluding steroid dienone is 2. The maximum absolute atomic E-state index is 13.6. The summed E-state index contributed by atoms with van der Waals surface area (Å²) >= 11 is 7.27. The number of carbonyl (C=O) groups excluding carboxylic acids is 2. The lowest BCUT2D eigenvalue weighted by Crippen LogP contribution is -2.31. The Bertz CT molecular complexity index is 1510. The third kappa shape index (κ3) is 6.45. The van der Waals surface area contributed by atoms with Crippen molar-refractivity contribution in [1.29, 1.82) is 5.26 Å². The van der Waals surface area contributed by atoms with E-state index in [2.05, 4.69) is 22.0 Å². The van der Waals surface area contributed by atoms with Crippen molar-refractivity contribution in [3.63, 3.8) is 0 Å².